The summed E-state index contributed by atoms with van der Waals surface area (Å²) in [5.41, 5.74) is 1.90. The van der Waals surface area contributed by atoms with E-state index in [1.165, 1.54) is 0 Å². The molecule has 134 valence electrons. The molecule has 0 aliphatic rings. The van der Waals surface area contributed by atoms with Crippen LogP contribution in [0.15, 0.2) is 72.9 Å². The predicted molar refractivity (Wildman–Crippen MR) is 104 cm³/mol. The van der Waals surface area contributed by atoms with E-state index in [1.54, 1.807) is 37.6 Å². The highest BCUT2D eigenvalue weighted by molar-refractivity contribution is 6.05. The number of H-pyrrole nitrogens is 1. The second-order valence-electron chi connectivity index (χ2n) is 5.89. The van der Waals surface area contributed by atoms with Gasteiger partial charge in [0.15, 0.2) is 0 Å². The molecular formula is C21H17N3O3. The van der Waals surface area contributed by atoms with Crippen LogP contribution >= 0.6 is 0 Å². The lowest BCUT2D eigenvalue weighted by Gasteiger charge is -2.07. The van der Waals surface area contributed by atoms with Crippen molar-refractivity contribution in [1.82, 2.24) is 9.97 Å². The Morgan fingerprint density at radius 2 is 1.74 bits per heavy atom. The van der Waals surface area contributed by atoms with E-state index in [9.17, 15) is 4.79 Å². The number of pyridine rings is 1. The molecule has 0 saturated heterocycles. The summed E-state index contributed by atoms with van der Waals surface area (Å²) in [4.78, 5) is 19.7. The fraction of sp³-hybridized carbons (Fsp3) is 0.0476. The molecule has 4 aromatic rings. The maximum atomic E-state index is 12.5. The number of aromatic nitrogens is 2. The number of carbonyl (C=O) groups is 1. The van der Waals surface area contributed by atoms with Gasteiger partial charge >= 0.3 is 0 Å². The molecule has 0 bridgehead atoms. The van der Waals surface area contributed by atoms with Crippen LogP contribution in [0.3, 0.4) is 0 Å². The molecule has 0 aliphatic heterocycles. The van der Waals surface area contributed by atoms with Gasteiger partial charge in [-0.05, 0) is 42.5 Å². The maximum absolute atomic E-state index is 12.5. The summed E-state index contributed by atoms with van der Waals surface area (Å²) in [5.74, 6) is 1.73. The molecule has 0 radical (unpaired) electrons. The van der Waals surface area contributed by atoms with Gasteiger partial charge < -0.3 is 19.8 Å². The van der Waals surface area contributed by atoms with Crippen molar-refractivity contribution in [3.63, 3.8) is 0 Å². The quantitative estimate of drug-likeness (QED) is 0.545. The Bertz CT molecular complexity index is 1070. The van der Waals surface area contributed by atoms with E-state index < -0.39 is 0 Å². The third kappa shape index (κ3) is 3.74. The van der Waals surface area contributed by atoms with Crippen molar-refractivity contribution >= 4 is 22.5 Å². The van der Waals surface area contributed by atoms with Crippen molar-refractivity contribution in [3.8, 4) is 17.4 Å². The lowest BCUT2D eigenvalue weighted by molar-refractivity contribution is 0.102. The number of benzene rings is 2. The van der Waals surface area contributed by atoms with Crippen LogP contribution in [0, 0.1) is 0 Å². The molecule has 2 aromatic heterocycles. The van der Waals surface area contributed by atoms with Gasteiger partial charge in [-0.1, -0.05) is 18.2 Å². The standard InChI is InChI=1S/C21H17N3O3/c1-26-20-12-14-11-18(24-19(14)13-22-20)21(25)23-15-7-9-17(10-8-15)27-16-5-3-2-4-6-16/h2-13,24H,1H3,(H,23,25). The Balaban J connectivity index is 1.46. The van der Waals surface area contributed by atoms with E-state index in [1.807, 2.05) is 42.5 Å². The molecule has 0 spiro atoms. The van der Waals surface area contributed by atoms with Crippen molar-refractivity contribution in [2.75, 3.05) is 12.4 Å². The number of nitrogens with zero attached hydrogens (tertiary/aromatic N) is 1. The van der Waals surface area contributed by atoms with Crippen molar-refractivity contribution < 1.29 is 14.3 Å². The van der Waals surface area contributed by atoms with Crippen LogP contribution in [-0.4, -0.2) is 23.0 Å². The largest absolute Gasteiger partial charge is 0.481 e. The Hall–Kier alpha value is -3.80. The molecule has 6 nitrogen and oxygen atoms in total. The van der Waals surface area contributed by atoms with Crippen LogP contribution < -0.4 is 14.8 Å². The third-order valence-corrected chi connectivity index (χ3v) is 4.02. The van der Waals surface area contributed by atoms with E-state index in [-0.39, 0.29) is 5.91 Å². The number of nitrogens with one attached hydrogen (secondary N) is 2. The zero-order chi connectivity index (χ0) is 18.6. The molecule has 27 heavy (non-hydrogen) atoms. The van der Waals surface area contributed by atoms with E-state index in [4.69, 9.17) is 9.47 Å². The molecule has 1 amide bonds. The molecule has 0 atom stereocenters. The first-order valence-electron chi connectivity index (χ1n) is 8.38. The number of amides is 1. The lowest BCUT2D eigenvalue weighted by Crippen LogP contribution is -2.12. The number of para-hydroxylation sites is 1. The Kier molecular flexibility index (Phi) is 4.45. The molecule has 0 saturated carbocycles. The number of hydrogen-bond acceptors (Lipinski definition) is 4. The molecule has 2 N–H and O–H groups in total. The first-order chi connectivity index (χ1) is 13.2. The van der Waals surface area contributed by atoms with E-state index >= 15 is 0 Å². The van der Waals surface area contributed by atoms with Crippen molar-refractivity contribution in [3.05, 3.63) is 78.6 Å². The number of rotatable bonds is 5. The normalized spacial score (nSPS) is 10.6. The summed E-state index contributed by atoms with van der Waals surface area (Å²) in [6.45, 7) is 0. The molecule has 2 heterocycles. The average Bonchev–Trinajstić information content (AvgIpc) is 3.13. The molecule has 0 unspecified atom stereocenters. The van der Waals surface area contributed by atoms with Gasteiger partial charge in [0.1, 0.15) is 17.2 Å². The minimum atomic E-state index is -0.234. The summed E-state index contributed by atoms with van der Waals surface area (Å²) in [6, 6.07) is 20.3. The molecular weight excluding hydrogens is 342 g/mol. The van der Waals surface area contributed by atoms with Crippen LogP contribution in [0.5, 0.6) is 17.4 Å². The van der Waals surface area contributed by atoms with Crippen LogP contribution in [-0.2, 0) is 0 Å². The van der Waals surface area contributed by atoms with Crippen LogP contribution in [0.25, 0.3) is 10.9 Å². The number of carbonyl (C=O) groups excluding carboxylic acids is 1. The maximum Gasteiger partial charge on any atom is 0.272 e. The number of hydrogen-bond donors (Lipinski definition) is 2. The lowest BCUT2D eigenvalue weighted by atomic mass is 10.2. The second-order valence-corrected chi connectivity index (χ2v) is 5.89. The molecule has 0 aliphatic carbocycles. The van der Waals surface area contributed by atoms with Crippen LogP contribution in [0.2, 0.25) is 0 Å². The van der Waals surface area contributed by atoms with Gasteiger partial charge in [0.05, 0.1) is 18.8 Å². The number of aromatic amines is 1. The van der Waals surface area contributed by atoms with Crippen molar-refractivity contribution in [1.29, 1.82) is 0 Å². The second kappa shape index (κ2) is 7.21. The summed E-state index contributed by atoms with van der Waals surface area (Å²) >= 11 is 0. The summed E-state index contributed by atoms with van der Waals surface area (Å²) in [7, 11) is 1.56. The van der Waals surface area contributed by atoms with Crippen LogP contribution in [0.4, 0.5) is 5.69 Å². The Morgan fingerprint density at radius 3 is 2.48 bits per heavy atom. The van der Waals surface area contributed by atoms with Gasteiger partial charge in [-0.3, -0.25) is 4.79 Å². The van der Waals surface area contributed by atoms with Crippen molar-refractivity contribution in [2.45, 2.75) is 0 Å². The van der Waals surface area contributed by atoms with E-state index in [0.717, 1.165) is 16.7 Å². The summed E-state index contributed by atoms with van der Waals surface area (Å²) < 4.78 is 10.9. The third-order valence-electron chi connectivity index (χ3n) is 4.02. The fourth-order valence-electron chi connectivity index (χ4n) is 2.67. The van der Waals surface area contributed by atoms with Gasteiger partial charge in [0.2, 0.25) is 5.88 Å². The monoisotopic (exact) mass is 359 g/mol. The Morgan fingerprint density at radius 1 is 1.00 bits per heavy atom. The van der Waals surface area contributed by atoms with Gasteiger partial charge in [0.25, 0.3) is 5.91 Å². The van der Waals surface area contributed by atoms with E-state index in [0.29, 0.717) is 23.0 Å². The number of ether oxygens (including phenoxy) is 2. The van der Waals surface area contributed by atoms with Gasteiger partial charge in [0, 0.05) is 17.1 Å². The SMILES string of the molecule is COc1cc2cc(C(=O)Nc3ccc(Oc4ccccc4)cc3)[nH]c2cn1. The average molecular weight is 359 g/mol. The predicted octanol–water partition coefficient (Wildman–Crippen LogP) is 4.62. The first-order valence-corrected chi connectivity index (χ1v) is 8.38. The summed E-state index contributed by atoms with van der Waals surface area (Å²) in [6.07, 6.45) is 1.64. The summed E-state index contributed by atoms with van der Waals surface area (Å²) in [5, 5.41) is 3.72. The van der Waals surface area contributed by atoms with Crippen molar-refractivity contribution in [2.24, 2.45) is 0 Å². The fourth-order valence-corrected chi connectivity index (χ4v) is 2.67. The van der Waals surface area contributed by atoms with Crippen LogP contribution in [0.1, 0.15) is 10.5 Å². The van der Waals surface area contributed by atoms with Gasteiger partial charge in [-0.2, -0.15) is 0 Å². The zero-order valence-electron chi connectivity index (χ0n) is 14.6. The number of methoxy groups -OCH3 is 1. The number of fused-ring (bicyclic) bond motifs is 1. The molecule has 2 aromatic carbocycles. The van der Waals surface area contributed by atoms with Gasteiger partial charge in [-0.25, -0.2) is 4.98 Å². The highest BCUT2D eigenvalue weighted by Gasteiger charge is 2.11. The number of anilines is 1. The topological polar surface area (TPSA) is 76.2 Å². The molecule has 6 heteroatoms. The highest BCUT2D eigenvalue weighted by atomic mass is 16.5. The zero-order valence-corrected chi connectivity index (χ0v) is 14.6. The minimum absolute atomic E-state index is 0.234. The molecule has 0 fully saturated rings. The molecule has 4 rings (SSSR count). The highest BCUT2D eigenvalue weighted by Crippen LogP contribution is 2.23. The van der Waals surface area contributed by atoms with Gasteiger partial charge in [-0.15, -0.1) is 0 Å². The Labute approximate surface area is 155 Å². The van der Waals surface area contributed by atoms with E-state index in [2.05, 4.69) is 15.3 Å². The smallest absolute Gasteiger partial charge is 0.272 e. The minimum Gasteiger partial charge on any atom is -0.481 e. The first kappa shape index (κ1) is 16.7.